The van der Waals surface area contributed by atoms with Crippen molar-refractivity contribution in [2.45, 2.75) is 24.6 Å². The molecule has 3 nitrogen and oxygen atoms in total. The van der Waals surface area contributed by atoms with Gasteiger partial charge in [-0.3, -0.25) is 9.13 Å². The molecule has 0 bridgehead atoms. The Labute approximate surface area is 111 Å². The first-order valence-corrected chi connectivity index (χ1v) is 6.82. The maximum atomic E-state index is 11.9. The van der Waals surface area contributed by atoms with E-state index in [-0.39, 0.29) is 11.1 Å². The summed E-state index contributed by atoms with van der Waals surface area (Å²) in [5.41, 5.74) is 3.07. The van der Waals surface area contributed by atoms with Gasteiger partial charge in [-0.15, -0.1) is 11.6 Å². The van der Waals surface area contributed by atoms with Crippen LogP contribution in [-0.4, -0.2) is 9.13 Å². The lowest BCUT2D eigenvalue weighted by molar-refractivity contribution is 0.305. The lowest BCUT2D eigenvalue weighted by Gasteiger charge is -2.30. The molecule has 1 saturated carbocycles. The fourth-order valence-electron chi connectivity index (χ4n) is 2.70. The number of rotatable bonds is 2. The molecule has 2 aromatic rings. The summed E-state index contributed by atoms with van der Waals surface area (Å²) in [6, 6.07) is 6.12. The van der Waals surface area contributed by atoms with Gasteiger partial charge in [-0.05, 0) is 36.5 Å². The minimum absolute atomic E-state index is 0.0110. The van der Waals surface area contributed by atoms with Crippen LogP contribution in [0.5, 0.6) is 0 Å². The molecule has 0 aliphatic heterocycles. The molecule has 1 aromatic heterocycles. The Morgan fingerprint density at radius 2 is 1.89 bits per heavy atom. The predicted octanol–water partition coefficient (Wildman–Crippen LogP) is 2.96. The third-order valence-corrected chi connectivity index (χ3v) is 4.79. The van der Waals surface area contributed by atoms with Gasteiger partial charge in [0.05, 0.1) is 16.4 Å². The fourth-order valence-corrected chi connectivity index (χ4v) is 3.09. The molecular weight excluding hydrogens is 248 g/mol. The lowest BCUT2D eigenvalue weighted by atomic mass is 9.80. The van der Waals surface area contributed by atoms with Crippen molar-refractivity contribution in [3.8, 4) is 0 Å². The van der Waals surface area contributed by atoms with Crippen LogP contribution in [0.4, 0.5) is 0 Å². The number of alkyl halides is 1. The van der Waals surface area contributed by atoms with Gasteiger partial charge in [0, 0.05) is 14.1 Å². The number of nitrogens with zero attached hydrogens (tertiary/aromatic N) is 2. The Hall–Kier alpha value is -1.22. The zero-order chi connectivity index (χ0) is 12.9. The van der Waals surface area contributed by atoms with E-state index in [0.717, 1.165) is 16.6 Å². The highest BCUT2D eigenvalue weighted by Crippen LogP contribution is 2.42. The maximum absolute atomic E-state index is 11.9. The van der Waals surface area contributed by atoms with Crippen molar-refractivity contribution in [1.29, 1.82) is 0 Å². The van der Waals surface area contributed by atoms with E-state index in [2.05, 4.69) is 12.1 Å². The average molecular weight is 265 g/mol. The van der Waals surface area contributed by atoms with Crippen LogP contribution in [0.2, 0.25) is 0 Å². The Balaban J connectivity index is 2.10. The molecule has 1 fully saturated rings. The van der Waals surface area contributed by atoms with Crippen LogP contribution in [0.1, 0.15) is 30.2 Å². The van der Waals surface area contributed by atoms with E-state index >= 15 is 0 Å². The summed E-state index contributed by atoms with van der Waals surface area (Å²) >= 11 is 6.51. The Kier molecular flexibility index (Phi) is 2.74. The smallest absolute Gasteiger partial charge is 0.295 e. The van der Waals surface area contributed by atoms with E-state index in [1.165, 1.54) is 19.3 Å². The predicted molar refractivity (Wildman–Crippen MR) is 74.1 cm³/mol. The minimum atomic E-state index is 0.0110. The maximum Gasteiger partial charge on any atom is 0.328 e. The molecule has 0 saturated heterocycles. The SMILES string of the molecule is Cn1c(=O)n(C)c2cc(C(Cl)C3CCC3)ccc21. The summed E-state index contributed by atoms with van der Waals surface area (Å²) in [5.74, 6) is 0.602. The van der Waals surface area contributed by atoms with E-state index in [0.29, 0.717) is 5.92 Å². The molecule has 96 valence electrons. The van der Waals surface area contributed by atoms with Crippen LogP contribution >= 0.6 is 11.6 Å². The second kappa shape index (κ2) is 4.16. The minimum Gasteiger partial charge on any atom is -0.295 e. The lowest BCUT2D eigenvalue weighted by Crippen LogP contribution is -2.19. The molecule has 1 atom stereocenters. The van der Waals surface area contributed by atoms with Gasteiger partial charge in [-0.1, -0.05) is 12.5 Å². The summed E-state index contributed by atoms with van der Waals surface area (Å²) < 4.78 is 3.36. The van der Waals surface area contributed by atoms with Crippen molar-refractivity contribution in [2.24, 2.45) is 20.0 Å². The highest BCUT2D eigenvalue weighted by molar-refractivity contribution is 6.21. The van der Waals surface area contributed by atoms with Crippen molar-refractivity contribution in [3.63, 3.8) is 0 Å². The van der Waals surface area contributed by atoms with Gasteiger partial charge in [-0.25, -0.2) is 4.79 Å². The Bertz CT molecular complexity index is 652. The molecule has 3 rings (SSSR count). The van der Waals surface area contributed by atoms with Gasteiger partial charge >= 0.3 is 5.69 Å². The van der Waals surface area contributed by atoms with Gasteiger partial charge in [0.2, 0.25) is 0 Å². The summed E-state index contributed by atoms with van der Waals surface area (Å²) in [4.78, 5) is 11.9. The molecular formula is C14H17ClN2O. The first kappa shape index (κ1) is 11.8. The van der Waals surface area contributed by atoms with Crippen molar-refractivity contribution >= 4 is 22.6 Å². The van der Waals surface area contributed by atoms with Gasteiger partial charge in [-0.2, -0.15) is 0 Å². The van der Waals surface area contributed by atoms with Crippen LogP contribution in [0.3, 0.4) is 0 Å². The number of hydrogen-bond donors (Lipinski definition) is 0. The number of imidazole rings is 1. The van der Waals surface area contributed by atoms with Crippen molar-refractivity contribution in [1.82, 2.24) is 9.13 Å². The van der Waals surface area contributed by atoms with Crippen molar-refractivity contribution < 1.29 is 0 Å². The van der Waals surface area contributed by atoms with Crippen molar-refractivity contribution in [2.75, 3.05) is 0 Å². The third-order valence-electron chi connectivity index (χ3n) is 4.18. The van der Waals surface area contributed by atoms with Gasteiger partial charge in [0.15, 0.2) is 0 Å². The monoisotopic (exact) mass is 264 g/mol. The summed E-state index contributed by atoms with van der Waals surface area (Å²) in [6.45, 7) is 0. The molecule has 1 aliphatic carbocycles. The molecule has 0 radical (unpaired) electrons. The van der Waals surface area contributed by atoms with Gasteiger partial charge < -0.3 is 0 Å². The van der Waals surface area contributed by atoms with E-state index in [9.17, 15) is 4.79 Å². The quantitative estimate of drug-likeness (QED) is 0.766. The number of halogens is 1. The zero-order valence-electron chi connectivity index (χ0n) is 10.7. The normalized spacial score (nSPS) is 17.9. The second-order valence-electron chi connectivity index (χ2n) is 5.24. The van der Waals surface area contributed by atoms with Crippen LogP contribution in [-0.2, 0) is 14.1 Å². The Morgan fingerprint density at radius 3 is 2.50 bits per heavy atom. The van der Waals surface area contributed by atoms with E-state index in [1.54, 1.807) is 23.2 Å². The standard InChI is InChI=1S/C14H17ClN2O/c1-16-11-7-6-10(13(15)9-4-3-5-9)8-12(11)17(2)14(16)18/h6-9,13H,3-5H2,1-2H3. The van der Waals surface area contributed by atoms with Crippen LogP contribution in [0, 0.1) is 5.92 Å². The zero-order valence-corrected chi connectivity index (χ0v) is 11.4. The number of fused-ring (bicyclic) bond motifs is 1. The molecule has 1 unspecified atom stereocenters. The summed E-state index contributed by atoms with van der Waals surface area (Å²) in [5, 5.41) is 0.0819. The van der Waals surface area contributed by atoms with Crippen LogP contribution in [0.25, 0.3) is 11.0 Å². The van der Waals surface area contributed by atoms with Gasteiger partial charge in [0.1, 0.15) is 0 Å². The van der Waals surface area contributed by atoms with E-state index < -0.39 is 0 Å². The molecule has 4 heteroatoms. The number of benzene rings is 1. The Morgan fingerprint density at radius 1 is 1.22 bits per heavy atom. The first-order valence-electron chi connectivity index (χ1n) is 6.39. The number of hydrogen-bond acceptors (Lipinski definition) is 1. The number of aryl methyl sites for hydroxylation is 2. The van der Waals surface area contributed by atoms with E-state index in [1.807, 2.05) is 6.07 Å². The van der Waals surface area contributed by atoms with Gasteiger partial charge in [0.25, 0.3) is 0 Å². The molecule has 1 aliphatic rings. The summed E-state index contributed by atoms with van der Waals surface area (Å²) in [6.07, 6.45) is 3.74. The van der Waals surface area contributed by atoms with Crippen molar-refractivity contribution in [3.05, 3.63) is 34.2 Å². The highest BCUT2D eigenvalue weighted by atomic mass is 35.5. The molecule has 1 heterocycles. The molecule has 0 spiro atoms. The number of aromatic nitrogens is 2. The van der Waals surface area contributed by atoms with Crippen LogP contribution < -0.4 is 5.69 Å². The molecule has 18 heavy (non-hydrogen) atoms. The first-order chi connectivity index (χ1) is 8.59. The molecule has 0 amide bonds. The largest absolute Gasteiger partial charge is 0.328 e. The highest BCUT2D eigenvalue weighted by Gasteiger charge is 2.27. The topological polar surface area (TPSA) is 26.9 Å². The average Bonchev–Trinajstić information content (AvgIpc) is 2.52. The molecule has 1 aromatic carbocycles. The van der Waals surface area contributed by atoms with Crippen LogP contribution in [0.15, 0.2) is 23.0 Å². The van der Waals surface area contributed by atoms with E-state index in [4.69, 9.17) is 11.6 Å². The third kappa shape index (κ3) is 1.61. The fraction of sp³-hybridized carbons (Fsp3) is 0.500. The second-order valence-corrected chi connectivity index (χ2v) is 5.71. The summed E-state index contributed by atoms with van der Waals surface area (Å²) in [7, 11) is 3.61. The molecule has 0 N–H and O–H groups in total.